The molecule has 1 heterocycles. The van der Waals surface area contributed by atoms with Crippen molar-refractivity contribution in [3.8, 4) is 5.75 Å². The van der Waals surface area contributed by atoms with Gasteiger partial charge < -0.3 is 19.7 Å². The topological polar surface area (TPSA) is 67.9 Å². The zero-order chi connectivity index (χ0) is 21.1. The fraction of sp³-hybridized carbons (Fsp3) is 0.167. The summed E-state index contributed by atoms with van der Waals surface area (Å²) in [7, 11) is 3.15. The molecule has 0 radical (unpaired) electrons. The van der Waals surface area contributed by atoms with Crippen LogP contribution in [0.25, 0.3) is 0 Å². The minimum Gasteiger partial charge on any atom is -0.489 e. The first kappa shape index (κ1) is 19.5. The lowest BCUT2D eigenvalue weighted by atomic mass is 10.0. The van der Waals surface area contributed by atoms with Crippen LogP contribution in [0.15, 0.2) is 72.8 Å². The van der Waals surface area contributed by atoms with Crippen molar-refractivity contribution in [2.75, 3.05) is 19.5 Å². The lowest BCUT2D eigenvalue weighted by Gasteiger charge is -2.35. The van der Waals surface area contributed by atoms with E-state index < -0.39 is 0 Å². The number of carbonyl (C=O) groups excluding carboxylic acids is 2. The van der Waals surface area contributed by atoms with Crippen LogP contribution >= 0.6 is 0 Å². The second kappa shape index (κ2) is 8.29. The monoisotopic (exact) mass is 402 g/mol. The molecule has 0 saturated carbocycles. The van der Waals surface area contributed by atoms with E-state index in [1.165, 1.54) is 7.11 Å². The number of carbonyl (C=O) groups is 2. The fourth-order valence-corrected chi connectivity index (χ4v) is 3.42. The maximum absolute atomic E-state index is 12.6. The number of esters is 1. The van der Waals surface area contributed by atoms with Crippen LogP contribution in [0.1, 0.15) is 38.0 Å². The van der Waals surface area contributed by atoms with Gasteiger partial charge in [0.2, 0.25) is 0 Å². The molecule has 1 atom stereocenters. The summed E-state index contributed by atoms with van der Waals surface area (Å²) in [6.07, 6.45) is -0.243. The zero-order valence-electron chi connectivity index (χ0n) is 16.8. The third-order valence-corrected chi connectivity index (χ3v) is 5.13. The summed E-state index contributed by atoms with van der Waals surface area (Å²) in [6, 6.07) is 22.3. The highest BCUT2D eigenvalue weighted by molar-refractivity contribution is 6.01. The summed E-state index contributed by atoms with van der Waals surface area (Å²) in [6.45, 7) is 0.383. The maximum Gasteiger partial charge on any atom is 0.337 e. The molecular formula is C24H22N2O4. The summed E-state index contributed by atoms with van der Waals surface area (Å²) in [5, 5.41) is 3.42. The van der Waals surface area contributed by atoms with Crippen molar-refractivity contribution < 1.29 is 19.1 Å². The van der Waals surface area contributed by atoms with Crippen LogP contribution in [0.5, 0.6) is 5.75 Å². The molecule has 30 heavy (non-hydrogen) atoms. The maximum atomic E-state index is 12.6. The zero-order valence-corrected chi connectivity index (χ0v) is 16.8. The summed E-state index contributed by atoms with van der Waals surface area (Å²) < 4.78 is 10.5. The van der Waals surface area contributed by atoms with Crippen molar-refractivity contribution in [2.45, 2.75) is 12.8 Å². The van der Waals surface area contributed by atoms with Gasteiger partial charge in [-0.15, -0.1) is 0 Å². The van der Waals surface area contributed by atoms with Gasteiger partial charge in [0.25, 0.3) is 5.91 Å². The molecule has 1 aliphatic heterocycles. The molecule has 0 spiro atoms. The third-order valence-electron chi connectivity index (χ3n) is 5.13. The number of amides is 1. The van der Waals surface area contributed by atoms with Gasteiger partial charge in [-0.1, -0.05) is 36.4 Å². The Hall–Kier alpha value is -3.80. The Morgan fingerprint density at radius 2 is 1.70 bits per heavy atom. The quantitative estimate of drug-likeness (QED) is 0.647. The second-order valence-corrected chi connectivity index (χ2v) is 7.05. The first-order valence-corrected chi connectivity index (χ1v) is 9.59. The summed E-state index contributed by atoms with van der Waals surface area (Å²) >= 11 is 0. The predicted molar refractivity (Wildman–Crippen MR) is 113 cm³/mol. The molecule has 1 N–H and O–H groups in total. The lowest BCUT2D eigenvalue weighted by Crippen LogP contribution is -2.40. The molecule has 0 aliphatic carbocycles. The number of rotatable bonds is 5. The molecule has 6 heteroatoms. The van der Waals surface area contributed by atoms with Crippen molar-refractivity contribution in [2.24, 2.45) is 0 Å². The van der Waals surface area contributed by atoms with Crippen LogP contribution in [-0.4, -0.2) is 30.9 Å². The highest BCUT2D eigenvalue weighted by atomic mass is 16.5. The lowest BCUT2D eigenvalue weighted by molar-refractivity contribution is 0.0600. The molecule has 1 amide bonds. The molecule has 0 saturated heterocycles. The van der Waals surface area contributed by atoms with Crippen LogP contribution in [0.2, 0.25) is 0 Å². The molecule has 3 aromatic carbocycles. The van der Waals surface area contributed by atoms with Gasteiger partial charge in [0.15, 0.2) is 0 Å². The van der Waals surface area contributed by atoms with E-state index in [1.807, 2.05) is 60.7 Å². The molecule has 1 aliphatic rings. The minimum absolute atomic E-state index is 0.00919. The van der Waals surface area contributed by atoms with Crippen LogP contribution in [0.3, 0.4) is 0 Å². The van der Waals surface area contributed by atoms with Crippen LogP contribution in [-0.2, 0) is 11.3 Å². The fourth-order valence-electron chi connectivity index (χ4n) is 3.42. The Labute approximate surface area is 175 Å². The average molecular weight is 402 g/mol. The third kappa shape index (κ3) is 3.85. The van der Waals surface area contributed by atoms with Crippen molar-refractivity contribution >= 4 is 17.6 Å². The number of para-hydroxylation sites is 1. The Balaban J connectivity index is 1.42. The number of fused-ring (bicyclic) bond motifs is 1. The van der Waals surface area contributed by atoms with E-state index in [9.17, 15) is 9.59 Å². The predicted octanol–water partition coefficient (Wildman–Crippen LogP) is 4.25. The number of nitrogens with zero attached hydrogens (tertiary/aromatic N) is 1. The SMILES string of the molecule is COC(=O)c1ccc(COc2ccc([C@H]3Nc4ccccc4C(=O)N3C)cc2)cc1. The highest BCUT2D eigenvalue weighted by Crippen LogP contribution is 2.32. The van der Waals surface area contributed by atoms with E-state index in [4.69, 9.17) is 9.47 Å². The van der Waals surface area contributed by atoms with Crippen molar-refractivity contribution in [3.05, 3.63) is 95.1 Å². The Morgan fingerprint density at radius 1 is 1.00 bits per heavy atom. The van der Waals surface area contributed by atoms with Gasteiger partial charge >= 0.3 is 5.97 Å². The van der Waals surface area contributed by atoms with Crippen molar-refractivity contribution in [3.63, 3.8) is 0 Å². The van der Waals surface area contributed by atoms with E-state index in [0.717, 1.165) is 22.6 Å². The van der Waals surface area contributed by atoms with E-state index in [1.54, 1.807) is 24.1 Å². The van der Waals surface area contributed by atoms with Gasteiger partial charge in [0.05, 0.1) is 18.2 Å². The number of ether oxygens (including phenoxy) is 2. The number of hydrogen-bond acceptors (Lipinski definition) is 5. The minimum atomic E-state index is -0.361. The van der Waals surface area contributed by atoms with Gasteiger partial charge in [-0.2, -0.15) is 0 Å². The first-order chi connectivity index (χ1) is 14.6. The molecule has 4 rings (SSSR count). The van der Waals surface area contributed by atoms with Crippen LogP contribution < -0.4 is 10.1 Å². The van der Waals surface area contributed by atoms with E-state index >= 15 is 0 Å². The van der Waals surface area contributed by atoms with Gasteiger partial charge in [-0.05, 0) is 47.5 Å². The van der Waals surface area contributed by atoms with Crippen molar-refractivity contribution in [1.29, 1.82) is 0 Å². The number of benzene rings is 3. The number of nitrogens with one attached hydrogen (secondary N) is 1. The molecule has 0 unspecified atom stereocenters. The second-order valence-electron chi connectivity index (χ2n) is 7.05. The summed E-state index contributed by atoms with van der Waals surface area (Å²) in [5.74, 6) is 0.353. The highest BCUT2D eigenvalue weighted by Gasteiger charge is 2.29. The molecular weight excluding hydrogens is 380 g/mol. The number of methoxy groups -OCH3 is 1. The van der Waals surface area contributed by atoms with Crippen molar-refractivity contribution in [1.82, 2.24) is 4.90 Å². The normalized spacial score (nSPS) is 15.2. The van der Waals surface area contributed by atoms with E-state index in [-0.39, 0.29) is 18.0 Å². The molecule has 0 bridgehead atoms. The summed E-state index contributed by atoms with van der Waals surface area (Å²) in [5.41, 5.74) is 3.93. The largest absolute Gasteiger partial charge is 0.489 e. The van der Waals surface area contributed by atoms with Gasteiger partial charge in [0.1, 0.15) is 18.5 Å². The molecule has 152 valence electrons. The molecule has 3 aromatic rings. The average Bonchev–Trinajstić information content (AvgIpc) is 2.80. The smallest absolute Gasteiger partial charge is 0.337 e. The Kier molecular flexibility index (Phi) is 5.39. The number of anilines is 1. The van der Waals surface area contributed by atoms with E-state index in [0.29, 0.717) is 17.7 Å². The molecule has 6 nitrogen and oxygen atoms in total. The van der Waals surface area contributed by atoms with Gasteiger partial charge in [0, 0.05) is 12.7 Å². The summed E-state index contributed by atoms with van der Waals surface area (Å²) in [4.78, 5) is 25.8. The Morgan fingerprint density at radius 3 is 2.40 bits per heavy atom. The van der Waals surface area contributed by atoms with Gasteiger partial charge in [-0.25, -0.2) is 4.79 Å². The van der Waals surface area contributed by atoms with E-state index in [2.05, 4.69) is 5.32 Å². The molecule has 0 fully saturated rings. The standard InChI is InChI=1S/C24H22N2O4/c1-26-22(25-21-6-4-3-5-20(21)23(26)27)17-11-13-19(14-12-17)30-15-16-7-9-18(10-8-16)24(28)29-2/h3-14,22,25H,15H2,1-2H3/t22-/m0/s1. The van der Waals surface area contributed by atoms with Gasteiger partial charge in [-0.3, -0.25) is 4.79 Å². The Bertz CT molecular complexity index is 1060. The van der Waals surface area contributed by atoms with Crippen LogP contribution in [0.4, 0.5) is 5.69 Å². The van der Waals surface area contributed by atoms with Crippen LogP contribution in [0, 0.1) is 0 Å². The first-order valence-electron chi connectivity index (χ1n) is 9.59. The number of hydrogen-bond donors (Lipinski definition) is 1. The molecule has 0 aromatic heterocycles.